The van der Waals surface area contributed by atoms with Crippen LogP contribution in [0.5, 0.6) is 0 Å². The summed E-state index contributed by atoms with van der Waals surface area (Å²) in [5.74, 6) is 0.763. The van der Waals surface area contributed by atoms with E-state index >= 15 is 0 Å². The third kappa shape index (κ3) is 5.44. The van der Waals surface area contributed by atoms with Crippen molar-refractivity contribution < 1.29 is 0 Å². The molecular weight excluding hydrogens is 196 g/mol. The zero-order valence-electron chi connectivity index (χ0n) is 11.5. The first-order valence-corrected chi connectivity index (χ1v) is 5.77. The fourth-order valence-electron chi connectivity index (χ4n) is 0.971. The molecule has 0 N–H and O–H groups in total. The Morgan fingerprint density at radius 1 is 1.25 bits per heavy atom. The van der Waals surface area contributed by atoms with Crippen molar-refractivity contribution in [3.8, 4) is 0 Å². The first-order valence-electron chi connectivity index (χ1n) is 5.77. The minimum atomic E-state index is 0.763. The number of rotatable bonds is 2. The van der Waals surface area contributed by atoms with Crippen LogP contribution in [0.1, 0.15) is 51.7 Å². The quantitative estimate of drug-likeness (QED) is 0.732. The predicted molar refractivity (Wildman–Crippen MR) is 74.3 cm³/mol. The van der Waals surface area contributed by atoms with E-state index in [0.717, 1.165) is 22.7 Å². The van der Waals surface area contributed by atoms with Crippen molar-refractivity contribution in [3.63, 3.8) is 0 Å². The minimum absolute atomic E-state index is 0.763. The maximum Gasteiger partial charge on any atom is 0.125 e. The molecule has 0 amide bonds. The van der Waals surface area contributed by atoms with Crippen LogP contribution in [0.2, 0.25) is 0 Å². The van der Waals surface area contributed by atoms with Gasteiger partial charge in [0.05, 0.1) is 5.69 Å². The molecule has 0 radical (unpaired) electrons. The molecule has 1 aromatic heterocycles. The molecule has 0 saturated heterocycles. The van der Waals surface area contributed by atoms with Crippen LogP contribution in [0, 0.1) is 6.92 Å². The Kier molecular flexibility index (Phi) is 10.7. The number of allylic oxidation sites excluding steroid dienone is 1. The zero-order chi connectivity index (χ0) is 13.1. The standard InChI is InChI=1S/C10H12N2.2C2H6/c1-5-9-6-11-8(4)12-10(9)7(2)3;2*1-2/h5-6H,1-2H2,3-4H3;2*1-2H3. The van der Waals surface area contributed by atoms with Crippen molar-refractivity contribution in [3.05, 3.63) is 36.4 Å². The molecule has 0 aliphatic rings. The van der Waals surface area contributed by atoms with Gasteiger partial charge < -0.3 is 0 Å². The minimum Gasteiger partial charge on any atom is -0.241 e. The number of hydrogen-bond acceptors (Lipinski definition) is 2. The second-order valence-corrected chi connectivity index (χ2v) is 2.71. The maximum atomic E-state index is 4.26. The van der Waals surface area contributed by atoms with Gasteiger partial charge in [-0.15, -0.1) is 0 Å². The molecule has 0 spiro atoms. The molecule has 0 saturated carbocycles. The highest BCUT2D eigenvalue weighted by molar-refractivity contribution is 5.67. The lowest BCUT2D eigenvalue weighted by Gasteiger charge is -2.03. The van der Waals surface area contributed by atoms with Crippen LogP contribution in [-0.2, 0) is 0 Å². The van der Waals surface area contributed by atoms with E-state index < -0.39 is 0 Å². The molecule has 1 heterocycles. The Hall–Kier alpha value is -1.44. The second kappa shape index (κ2) is 10.1. The largest absolute Gasteiger partial charge is 0.241 e. The third-order valence-electron chi connectivity index (χ3n) is 1.56. The fraction of sp³-hybridized carbons (Fsp3) is 0.429. The van der Waals surface area contributed by atoms with Crippen LogP contribution in [0.3, 0.4) is 0 Å². The second-order valence-electron chi connectivity index (χ2n) is 2.71. The Morgan fingerprint density at radius 3 is 2.12 bits per heavy atom. The summed E-state index contributed by atoms with van der Waals surface area (Å²) < 4.78 is 0. The summed E-state index contributed by atoms with van der Waals surface area (Å²) in [6, 6.07) is 0. The Bertz CT molecular complexity index is 328. The Morgan fingerprint density at radius 2 is 1.75 bits per heavy atom. The van der Waals surface area contributed by atoms with Gasteiger partial charge >= 0.3 is 0 Å². The average molecular weight is 220 g/mol. The van der Waals surface area contributed by atoms with E-state index in [9.17, 15) is 0 Å². The van der Waals surface area contributed by atoms with Gasteiger partial charge in [-0.1, -0.05) is 46.9 Å². The molecule has 0 unspecified atom stereocenters. The van der Waals surface area contributed by atoms with Gasteiger partial charge in [-0.2, -0.15) is 0 Å². The third-order valence-corrected chi connectivity index (χ3v) is 1.56. The van der Waals surface area contributed by atoms with Crippen molar-refractivity contribution in [2.75, 3.05) is 0 Å². The zero-order valence-corrected chi connectivity index (χ0v) is 11.5. The van der Waals surface area contributed by atoms with E-state index in [1.54, 1.807) is 12.3 Å². The van der Waals surface area contributed by atoms with Crippen molar-refractivity contribution in [2.24, 2.45) is 0 Å². The van der Waals surface area contributed by atoms with Crippen molar-refractivity contribution in [1.29, 1.82) is 0 Å². The monoisotopic (exact) mass is 220 g/mol. The summed E-state index contributed by atoms with van der Waals surface area (Å²) in [6.07, 6.45) is 3.50. The van der Waals surface area contributed by atoms with Crippen LogP contribution < -0.4 is 0 Å². The summed E-state index contributed by atoms with van der Waals surface area (Å²) >= 11 is 0. The smallest absolute Gasteiger partial charge is 0.125 e. The van der Waals surface area contributed by atoms with E-state index in [-0.39, 0.29) is 0 Å². The molecule has 0 aliphatic carbocycles. The highest BCUT2D eigenvalue weighted by Crippen LogP contribution is 2.14. The van der Waals surface area contributed by atoms with Gasteiger partial charge in [0.25, 0.3) is 0 Å². The van der Waals surface area contributed by atoms with Gasteiger partial charge in [0.2, 0.25) is 0 Å². The van der Waals surface area contributed by atoms with Gasteiger partial charge in [0.1, 0.15) is 5.82 Å². The van der Waals surface area contributed by atoms with Gasteiger partial charge in [-0.3, -0.25) is 0 Å². The molecule has 0 bridgehead atoms. The number of aromatic nitrogens is 2. The van der Waals surface area contributed by atoms with E-state index in [0.29, 0.717) is 0 Å². The topological polar surface area (TPSA) is 25.8 Å². The van der Waals surface area contributed by atoms with Gasteiger partial charge in [-0.05, 0) is 19.4 Å². The molecule has 90 valence electrons. The van der Waals surface area contributed by atoms with Crippen LogP contribution in [0.25, 0.3) is 11.6 Å². The van der Waals surface area contributed by atoms with Crippen LogP contribution >= 0.6 is 0 Å². The first-order chi connectivity index (χ1) is 7.65. The van der Waals surface area contributed by atoms with Gasteiger partial charge in [-0.25, -0.2) is 9.97 Å². The molecule has 0 fully saturated rings. The molecule has 2 heteroatoms. The molecule has 0 aliphatic heterocycles. The van der Waals surface area contributed by atoms with Crippen molar-refractivity contribution in [1.82, 2.24) is 9.97 Å². The summed E-state index contributed by atoms with van der Waals surface area (Å²) in [4.78, 5) is 8.33. The fourth-order valence-corrected chi connectivity index (χ4v) is 0.971. The average Bonchev–Trinajstić information content (AvgIpc) is 2.34. The molecule has 0 atom stereocenters. The summed E-state index contributed by atoms with van der Waals surface area (Å²) in [5.41, 5.74) is 2.76. The lowest BCUT2D eigenvalue weighted by atomic mass is 10.1. The van der Waals surface area contributed by atoms with E-state index in [1.165, 1.54) is 0 Å². The molecule has 2 nitrogen and oxygen atoms in total. The molecule has 16 heavy (non-hydrogen) atoms. The first kappa shape index (κ1) is 17.0. The normalized spacial score (nSPS) is 7.88. The summed E-state index contributed by atoms with van der Waals surface area (Å²) in [5, 5.41) is 0. The lowest BCUT2D eigenvalue weighted by Crippen LogP contribution is -1.95. The van der Waals surface area contributed by atoms with Crippen LogP contribution in [0.4, 0.5) is 0 Å². The van der Waals surface area contributed by atoms with E-state index in [2.05, 4.69) is 23.1 Å². The number of aryl methyl sites for hydroxylation is 1. The summed E-state index contributed by atoms with van der Waals surface area (Å²) in [7, 11) is 0. The highest BCUT2D eigenvalue weighted by Gasteiger charge is 2.01. The van der Waals surface area contributed by atoms with Crippen molar-refractivity contribution >= 4 is 11.6 Å². The lowest BCUT2D eigenvalue weighted by molar-refractivity contribution is 1.03. The van der Waals surface area contributed by atoms with Gasteiger partial charge in [0, 0.05) is 11.8 Å². The van der Waals surface area contributed by atoms with Crippen molar-refractivity contribution in [2.45, 2.75) is 41.5 Å². The predicted octanol–water partition coefficient (Wildman–Crippen LogP) is 4.51. The molecular formula is C14H24N2. The molecule has 0 aromatic carbocycles. The molecule has 1 aromatic rings. The van der Waals surface area contributed by atoms with E-state index in [1.807, 2.05) is 41.5 Å². The SMILES string of the molecule is C=Cc1cnc(C)nc1C(=C)C.CC.CC. The number of nitrogens with zero attached hydrogens (tertiary/aromatic N) is 2. The summed E-state index contributed by atoms with van der Waals surface area (Å²) in [6.45, 7) is 19.3. The Balaban J connectivity index is 0. The van der Waals surface area contributed by atoms with Gasteiger partial charge in [0.15, 0.2) is 0 Å². The van der Waals surface area contributed by atoms with Crippen LogP contribution in [0.15, 0.2) is 19.4 Å². The van der Waals surface area contributed by atoms with Crippen LogP contribution in [-0.4, -0.2) is 9.97 Å². The van der Waals surface area contributed by atoms with E-state index in [4.69, 9.17) is 0 Å². The molecule has 1 rings (SSSR count). The number of hydrogen-bond donors (Lipinski definition) is 0. The maximum absolute atomic E-state index is 4.26. The highest BCUT2D eigenvalue weighted by atomic mass is 14.9. The Labute approximate surface area is 100 Å².